The highest BCUT2D eigenvalue weighted by atomic mass is 79.9. The first-order valence-corrected chi connectivity index (χ1v) is 8.15. The zero-order valence-corrected chi connectivity index (χ0v) is 14.7. The van der Waals surface area contributed by atoms with E-state index >= 15 is 0 Å². The second kappa shape index (κ2) is 7.32. The van der Waals surface area contributed by atoms with E-state index in [1.165, 1.54) is 0 Å². The summed E-state index contributed by atoms with van der Waals surface area (Å²) in [6.07, 6.45) is -0.849. The third kappa shape index (κ3) is 3.73. The topological polar surface area (TPSA) is 46.2 Å². The van der Waals surface area contributed by atoms with E-state index in [0.29, 0.717) is 26.2 Å². The minimum absolute atomic E-state index is 0.207. The largest absolute Gasteiger partial charge is 0.388 e. The molecule has 0 bridgehead atoms. The van der Waals surface area contributed by atoms with Crippen molar-refractivity contribution in [2.24, 2.45) is 5.73 Å². The Hall–Kier alpha value is -0.290. The normalized spacial score (nSPS) is 14.0. The molecule has 0 aliphatic rings. The van der Waals surface area contributed by atoms with Gasteiger partial charge in [0.2, 0.25) is 0 Å². The van der Waals surface area contributed by atoms with E-state index in [-0.39, 0.29) is 6.54 Å². The zero-order chi connectivity index (χ0) is 15.6. The molecule has 2 unspecified atom stereocenters. The van der Waals surface area contributed by atoms with Crippen molar-refractivity contribution in [1.82, 2.24) is 0 Å². The van der Waals surface area contributed by atoms with Crippen molar-refractivity contribution in [2.45, 2.75) is 12.0 Å². The van der Waals surface area contributed by atoms with Crippen LogP contribution in [0, 0.1) is 0 Å². The number of aliphatic hydroxyl groups excluding tert-OH is 1. The predicted octanol–water partition coefficient (Wildman–Crippen LogP) is 5.19. The first-order valence-electron chi connectivity index (χ1n) is 6.22. The van der Waals surface area contributed by atoms with Crippen molar-refractivity contribution in [3.63, 3.8) is 0 Å². The summed E-state index contributed by atoms with van der Waals surface area (Å²) in [5.74, 6) is -0.413. The van der Waals surface area contributed by atoms with Crippen molar-refractivity contribution in [3.8, 4) is 0 Å². The SMILES string of the molecule is NCC(c1c(Cl)cccc1Cl)C(O)c1ccc(Br)c(Cl)c1. The van der Waals surface area contributed by atoms with Gasteiger partial charge in [-0.2, -0.15) is 0 Å². The van der Waals surface area contributed by atoms with Crippen LogP contribution in [-0.4, -0.2) is 11.7 Å². The zero-order valence-electron chi connectivity index (χ0n) is 10.9. The van der Waals surface area contributed by atoms with Crippen LogP contribution in [0.25, 0.3) is 0 Å². The Morgan fingerprint density at radius 1 is 1.05 bits per heavy atom. The lowest BCUT2D eigenvalue weighted by molar-refractivity contribution is 0.147. The molecule has 2 atom stereocenters. The van der Waals surface area contributed by atoms with Gasteiger partial charge in [0.25, 0.3) is 0 Å². The van der Waals surface area contributed by atoms with Crippen molar-refractivity contribution < 1.29 is 5.11 Å². The van der Waals surface area contributed by atoms with Gasteiger partial charge in [-0.15, -0.1) is 0 Å². The summed E-state index contributed by atoms with van der Waals surface area (Å²) in [6, 6.07) is 10.5. The number of aliphatic hydroxyl groups is 1. The van der Waals surface area contributed by atoms with Crippen LogP contribution in [0.5, 0.6) is 0 Å². The van der Waals surface area contributed by atoms with Gasteiger partial charge in [0.15, 0.2) is 0 Å². The standard InChI is InChI=1S/C15H13BrCl3NO/c16-10-5-4-8(6-13(10)19)15(21)9(7-20)14-11(17)2-1-3-12(14)18/h1-6,9,15,21H,7,20H2. The van der Waals surface area contributed by atoms with Crippen LogP contribution in [0.15, 0.2) is 40.9 Å². The van der Waals surface area contributed by atoms with Crippen molar-refractivity contribution >= 4 is 50.7 Å². The molecular weight excluding hydrogens is 396 g/mol. The lowest BCUT2D eigenvalue weighted by Gasteiger charge is -2.24. The van der Waals surface area contributed by atoms with E-state index in [2.05, 4.69) is 15.9 Å². The Morgan fingerprint density at radius 2 is 1.67 bits per heavy atom. The molecule has 0 fully saturated rings. The highest BCUT2D eigenvalue weighted by Crippen LogP contribution is 2.39. The van der Waals surface area contributed by atoms with Gasteiger partial charge in [0, 0.05) is 27.0 Å². The number of hydrogen-bond acceptors (Lipinski definition) is 2. The summed E-state index contributed by atoms with van der Waals surface area (Å²) in [5.41, 5.74) is 7.14. The third-order valence-electron chi connectivity index (χ3n) is 3.29. The molecule has 2 aromatic rings. The molecule has 0 spiro atoms. The van der Waals surface area contributed by atoms with Gasteiger partial charge in [-0.25, -0.2) is 0 Å². The molecule has 21 heavy (non-hydrogen) atoms. The molecule has 3 N–H and O–H groups in total. The highest BCUT2D eigenvalue weighted by molar-refractivity contribution is 9.10. The number of halogens is 4. The molecule has 0 saturated carbocycles. The summed E-state index contributed by atoms with van der Waals surface area (Å²) in [7, 11) is 0. The van der Waals surface area contributed by atoms with Gasteiger partial charge in [-0.05, 0) is 51.3 Å². The fourth-order valence-electron chi connectivity index (χ4n) is 2.20. The summed E-state index contributed by atoms with van der Waals surface area (Å²) >= 11 is 21.8. The van der Waals surface area contributed by atoms with E-state index < -0.39 is 12.0 Å². The second-order valence-corrected chi connectivity index (χ2v) is 6.67. The van der Waals surface area contributed by atoms with E-state index in [4.69, 9.17) is 40.5 Å². The maximum atomic E-state index is 10.6. The molecule has 0 radical (unpaired) electrons. The van der Waals surface area contributed by atoms with Crippen molar-refractivity contribution in [1.29, 1.82) is 0 Å². The van der Waals surface area contributed by atoms with Crippen LogP contribution in [-0.2, 0) is 0 Å². The summed E-state index contributed by atoms with van der Waals surface area (Å²) in [5, 5.41) is 12.1. The van der Waals surface area contributed by atoms with Gasteiger partial charge >= 0.3 is 0 Å². The summed E-state index contributed by atoms with van der Waals surface area (Å²) in [6.45, 7) is 0.207. The monoisotopic (exact) mass is 407 g/mol. The van der Waals surface area contributed by atoms with Gasteiger partial charge in [0.05, 0.1) is 11.1 Å². The Kier molecular flexibility index (Phi) is 5.95. The Labute approximate surface area is 146 Å². The maximum Gasteiger partial charge on any atom is 0.0872 e. The smallest absolute Gasteiger partial charge is 0.0872 e. The summed E-state index contributed by atoms with van der Waals surface area (Å²) < 4.78 is 0.764. The fraction of sp³-hybridized carbons (Fsp3) is 0.200. The number of nitrogens with two attached hydrogens (primary N) is 1. The van der Waals surface area contributed by atoms with Crippen LogP contribution < -0.4 is 5.73 Å². The fourth-order valence-corrected chi connectivity index (χ4v) is 3.31. The lowest BCUT2D eigenvalue weighted by atomic mass is 9.89. The molecule has 2 aromatic carbocycles. The predicted molar refractivity (Wildman–Crippen MR) is 92.4 cm³/mol. The van der Waals surface area contributed by atoms with Crippen molar-refractivity contribution in [2.75, 3.05) is 6.54 Å². The van der Waals surface area contributed by atoms with Gasteiger partial charge in [0.1, 0.15) is 0 Å². The molecular formula is C15H13BrCl3NO. The first kappa shape index (κ1) is 17.1. The quantitative estimate of drug-likeness (QED) is 0.730. The van der Waals surface area contributed by atoms with Crippen LogP contribution in [0.2, 0.25) is 15.1 Å². The maximum absolute atomic E-state index is 10.6. The minimum Gasteiger partial charge on any atom is -0.388 e. The van der Waals surface area contributed by atoms with Gasteiger partial charge in [-0.3, -0.25) is 0 Å². The second-order valence-electron chi connectivity index (χ2n) is 4.60. The first-order chi connectivity index (χ1) is 9.95. The van der Waals surface area contributed by atoms with Gasteiger partial charge in [-0.1, -0.05) is 46.9 Å². The third-order valence-corrected chi connectivity index (χ3v) is 5.18. The van der Waals surface area contributed by atoms with Crippen molar-refractivity contribution in [3.05, 3.63) is 67.1 Å². The van der Waals surface area contributed by atoms with E-state index in [9.17, 15) is 5.11 Å². The molecule has 0 aliphatic carbocycles. The number of hydrogen-bond donors (Lipinski definition) is 2. The molecule has 0 heterocycles. The van der Waals surface area contributed by atoms with E-state index in [1.807, 2.05) is 0 Å². The Morgan fingerprint density at radius 3 is 2.19 bits per heavy atom. The van der Waals surface area contributed by atoms with E-state index in [0.717, 1.165) is 4.47 Å². The van der Waals surface area contributed by atoms with Crippen LogP contribution in [0.1, 0.15) is 23.1 Å². The highest BCUT2D eigenvalue weighted by Gasteiger charge is 2.26. The molecule has 0 aliphatic heterocycles. The average Bonchev–Trinajstić information content (AvgIpc) is 2.45. The van der Waals surface area contributed by atoms with Crippen LogP contribution in [0.4, 0.5) is 0 Å². The lowest BCUT2D eigenvalue weighted by Crippen LogP contribution is -2.21. The Balaban J connectivity index is 2.43. The van der Waals surface area contributed by atoms with E-state index in [1.54, 1.807) is 36.4 Å². The minimum atomic E-state index is -0.849. The van der Waals surface area contributed by atoms with Crippen LogP contribution >= 0.6 is 50.7 Å². The van der Waals surface area contributed by atoms with Crippen LogP contribution in [0.3, 0.4) is 0 Å². The molecule has 112 valence electrons. The molecule has 2 rings (SSSR count). The molecule has 0 aromatic heterocycles. The molecule has 0 amide bonds. The number of rotatable bonds is 4. The summed E-state index contributed by atoms with van der Waals surface area (Å²) in [4.78, 5) is 0. The average molecular weight is 410 g/mol. The molecule has 2 nitrogen and oxygen atoms in total. The molecule has 6 heteroatoms. The molecule has 0 saturated heterocycles. The Bertz CT molecular complexity index is 631. The van der Waals surface area contributed by atoms with Gasteiger partial charge < -0.3 is 10.8 Å². The number of benzene rings is 2.